The molecule has 3 aliphatic rings. The fourth-order valence-electron chi connectivity index (χ4n) is 5.82. The molecule has 1 saturated heterocycles. The molecule has 234 valence electrons. The van der Waals surface area contributed by atoms with Crippen LogP contribution >= 0.6 is 0 Å². The highest BCUT2D eigenvalue weighted by molar-refractivity contribution is 5.97. The van der Waals surface area contributed by atoms with E-state index in [4.69, 9.17) is 14.2 Å². The van der Waals surface area contributed by atoms with Gasteiger partial charge in [-0.3, -0.25) is 19.5 Å². The predicted molar refractivity (Wildman–Crippen MR) is 167 cm³/mol. The number of nitrogens with zero attached hydrogens (tertiary/aromatic N) is 3. The van der Waals surface area contributed by atoms with Crippen LogP contribution in [0.15, 0.2) is 65.7 Å². The number of aliphatic imine (C=N–C) groups is 1. The maximum atomic E-state index is 13.7. The first kappa shape index (κ1) is 31.6. The van der Waals surface area contributed by atoms with Crippen molar-refractivity contribution in [2.45, 2.75) is 76.9 Å². The van der Waals surface area contributed by atoms with Crippen LogP contribution in [0.3, 0.4) is 0 Å². The molecule has 0 aliphatic carbocycles. The summed E-state index contributed by atoms with van der Waals surface area (Å²) < 4.78 is 17.0. The molecule has 0 N–H and O–H groups in total. The van der Waals surface area contributed by atoms with Gasteiger partial charge >= 0.3 is 12.1 Å². The number of rotatable bonds is 10. The van der Waals surface area contributed by atoms with E-state index < -0.39 is 11.1 Å². The van der Waals surface area contributed by atoms with Crippen molar-refractivity contribution in [3.8, 4) is 0 Å². The molecule has 9 nitrogen and oxygen atoms in total. The highest BCUT2D eigenvalue weighted by Gasteiger charge is 2.39. The molecule has 0 radical (unpaired) electrons. The third kappa shape index (κ3) is 8.01. The third-order valence-corrected chi connectivity index (χ3v) is 8.28. The molecule has 3 heterocycles. The van der Waals surface area contributed by atoms with E-state index in [0.717, 1.165) is 29.7 Å². The van der Waals surface area contributed by atoms with Crippen LogP contribution in [0.25, 0.3) is 0 Å². The first-order valence-electron chi connectivity index (χ1n) is 15.5. The van der Waals surface area contributed by atoms with E-state index in [9.17, 15) is 14.4 Å². The summed E-state index contributed by atoms with van der Waals surface area (Å²) >= 11 is 0. The molecule has 0 saturated carbocycles. The second kappa shape index (κ2) is 13.9. The second-order valence-corrected chi connectivity index (χ2v) is 12.7. The Hall–Kier alpha value is -3.82. The highest BCUT2D eigenvalue weighted by Crippen LogP contribution is 2.34. The van der Waals surface area contributed by atoms with Crippen LogP contribution in [0.5, 0.6) is 0 Å². The van der Waals surface area contributed by atoms with Crippen molar-refractivity contribution in [3.63, 3.8) is 0 Å². The first-order valence-corrected chi connectivity index (χ1v) is 15.5. The zero-order chi connectivity index (χ0) is 31.2. The number of piperidine rings is 1. The van der Waals surface area contributed by atoms with Crippen LogP contribution in [0.2, 0.25) is 0 Å². The molecular weight excluding hydrogens is 558 g/mol. The Morgan fingerprint density at radius 1 is 1.00 bits per heavy atom. The molecule has 2 aromatic carbocycles. The normalized spacial score (nSPS) is 20.4. The lowest BCUT2D eigenvalue weighted by atomic mass is 9.84. The number of hydrogen-bond donors (Lipinski definition) is 0. The van der Waals surface area contributed by atoms with Crippen molar-refractivity contribution in [1.82, 2.24) is 9.80 Å². The molecule has 1 fully saturated rings. The smallest absolute Gasteiger partial charge is 0.410 e. The maximum absolute atomic E-state index is 13.7. The lowest BCUT2D eigenvalue weighted by Gasteiger charge is -2.34. The minimum atomic E-state index is -1.12. The average Bonchev–Trinajstić information content (AvgIpc) is 3.53. The Labute approximate surface area is 259 Å². The van der Waals surface area contributed by atoms with Crippen molar-refractivity contribution >= 4 is 24.1 Å². The lowest BCUT2D eigenvalue weighted by molar-refractivity contribution is -0.145. The van der Waals surface area contributed by atoms with E-state index in [1.54, 1.807) is 11.1 Å². The summed E-state index contributed by atoms with van der Waals surface area (Å²) in [6.07, 6.45) is 7.39. The highest BCUT2D eigenvalue weighted by atomic mass is 16.6. The number of allylic oxidation sites excluding steroid dienone is 1. The van der Waals surface area contributed by atoms with Crippen LogP contribution in [-0.2, 0) is 48.9 Å². The molecule has 44 heavy (non-hydrogen) atoms. The minimum absolute atomic E-state index is 0.0624. The number of benzene rings is 2. The number of fused-ring (bicyclic) bond motifs is 1. The molecule has 0 aromatic heterocycles. The molecule has 1 amide bonds. The predicted octanol–water partition coefficient (Wildman–Crippen LogP) is 5.00. The van der Waals surface area contributed by atoms with Crippen molar-refractivity contribution < 1.29 is 28.6 Å². The number of ether oxygens (including phenoxy) is 3. The number of Topliss-reactive ketones (excluding diaryl/α,β-unsaturated/α-hetero) is 1. The van der Waals surface area contributed by atoms with Crippen LogP contribution in [0.4, 0.5) is 4.79 Å². The molecular formula is C35H43N3O6. The average molecular weight is 602 g/mol. The van der Waals surface area contributed by atoms with Crippen molar-refractivity contribution in [2.24, 2.45) is 4.99 Å². The standard InChI is InChI=1S/C35H43N3O6/c1-34(2,3)44-33(41)38-20-13-30(14-21-38)42-25-31(39)35(16-7-17-36-35)29-11-10-27-12-18-37(23-28(27)22-29)19-15-32(40)43-24-26-8-5-4-6-9-26/h4-11,16-17,22,30H,12-15,18-21,23-25H2,1-3H3. The topological polar surface area (TPSA) is 97.7 Å². The zero-order valence-corrected chi connectivity index (χ0v) is 26.0. The number of hydrogen-bond acceptors (Lipinski definition) is 8. The molecule has 3 aliphatic heterocycles. The minimum Gasteiger partial charge on any atom is -0.461 e. The van der Waals surface area contributed by atoms with Gasteiger partial charge < -0.3 is 19.1 Å². The molecule has 0 bridgehead atoms. The molecule has 9 heteroatoms. The second-order valence-electron chi connectivity index (χ2n) is 12.7. The van der Waals surface area contributed by atoms with Gasteiger partial charge in [-0.1, -0.05) is 48.5 Å². The van der Waals surface area contributed by atoms with Gasteiger partial charge in [-0.05, 0) is 74.4 Å². The summed E-state index contributed by atoms with van der Waals surface area (Å²) in [4.78, 5) is 47.0. The number of carbonyl (C=O) groups is 3. The number of ketones is 1. The Bertz CT molecular complexity index is 1380. The fraction of sp³-hybridized carbons (Fsp3) is 0.486. The van der Waals surface area contributed by atoms with Crippen LogP contribution < -0.4 is 0 Å². The van der Waals surface area contributed by atoms with Gasteiger partial charge in [-0.25, -0.2) is 4.79 Å². The van der Waals surface area contributed by atoms with Gasteiger partial charge in [0.2, 0.25) is 0 Å². The largest absolute Gasteiger partial charge is 0.461 e. The van der Waals surface area contributed by atoms with Gasteiger partial charge in [-0.2, -0.15) is 0 Å². The Kier molecular flexibility index (Phi) is 9.96. The zero-order valence-electron chi connectivity index (χ0n) is 26.0. The number of amides is 1. The van der Waals surface area contributed by atoms with Crippen molar-refractivity contribution in [3.05, 3.63) is 82.9 Å². The van der Waals surface area contributed by atoms with Crippen LogP contribution in [0, 0.1) is 0 Å². The number of esters is 1. The first-order chi connectivity index (χ1) is 21.1. The summed E-state index contributed by atoms with van der Waals surface area (Å²) in [6.45, 7) is 9.01. The van der Waals surface area contributed by atoms with Gasteiger partial charge in [0.1, 0.15) is 18.8 Å². The summed E-state index contributed by atoms with van der Waals surface area (Å²) in [6, 6.07) is 15.9. The van der Waals surface area contributed by atoms with Gasteiger partial charge in [0.15, 0.2) is 11.3 Å². The third-order valence-electron chi connectivity index (χ3n) is 8.28. The van der Waals surface area contributed by atoms with Crippen LogP contribution in [-0.4, -0.2) is 78.4 Å². The van der Waals surface area contributed by atoms with E-state index >= 15 is 0 Å². The van der Waals surface area contributed by atoms with Gasteiger partial charge in [0, 0.05) is 38.9 Å². The monoisotopic (exact) mass is 601 g/mol. The maximum Gasteiger partial charge on any atom is 0.410 e. The number of carbonyl (C=O) groups excluding carboxylic acids is 3. The fourth-order valence-corrected chi connectivity index (χ4v) is 5.82. The van der Waals surface area contributed by atoms with Crippen molar-refractivity contribution in [1.29, 1.82) is 0 Å². The van der Waals surface area contributed by atoms with E-state index in [0.29, 0.717) is 45.4 Å². The summed E-state index contributed by atoms with van der Waals surface area (Å²) in [5, 5.41) is 0. The molecule has 0 spiro atoms. The molecule has 5 rings (SSSR count). The number of likely N-dealkylation sites (tertiary alicyclic amines) is 1. The Morgan fingerprint density at radius 3 is 2.48 bits per heavy atom. The van der Waals surface area contributed by atoms with E-state index in [1.165, 1.54) is 5.56 Å². The van der Waals surface area contributed by atoms with Gasteiger partial charge in [0.05, 0.1) is 12.5 Å². The van der Waals surface area contributed by atoms with Gasteiger partial charge in [-0.15, -0.1) is 0 Å². The van der Waals surface area contributed by atoms with Crippen molar-refractivity contribution in [2.75, 3.05) is 32.8 Å². The summed E-state index contributed by atoms with van der Waals surface area (Å²) in [7, 11) is 0. The molecule has 2 aromatic rings. The molecule has 1 atom stereocenters. The van der Waals surface area contributed by atoms with Gasteiger partial charge in [0.25, 0.3) is 0 Å². The SMILES string of the molecule is CC(C)(C)OC(=O)N1CCC(OCC(=O)C2(c3ccc4c(c3)CN(CCC(=O)OCc3ccccc3)CC4)C=CC=N2)CC1. The van der Waals surface area contributed by atoms with E-state index in [1.807, 2.05) is 69.3 Å². The lowest BCUT2D eigenvalue weighted by Crippen LogP contribution is -2.44. The Morgan fingerprint density at radius 2 is 1.77 bits per heavy atom. The molecule has 1 unspecified atom stereocenters. The van der Waals surface area contributed by atoms with E-state index in [2.05, 4.69) is 22.0 Å². The quantitative estimate of drug-likeness (QED) is 0.354. The van der Waals surface area contributed by atoms with E-state index in [-0.39, 0.29) is 37.2 Å². The summed E-state index contributed by atoms with van der Waals surface area (Å²) in [5.41, 5.74) is 2.53. The van der Waals surface area contributed by atoms with Crippen LogP contribution in [0.1, 0.15) is 62.3 Å². The summed E-state index contributed by atoms with van der Waals surface area (Å²) in [5.74, 6) is -0.329. The Balaban J connectivity index is 1.14.